The third-order valence-corrected chi connectivity index (χ3v) is 3.22. The highest BCUT2D eigenvalue weighted by Crippen LogP contribution is 2.65. The van der Waals surface area contributed by atoms with Gasteiger partial charge < -0.3 is 9.64 Å². The molecule has 0 aromatic rings. The lowest BCUT2D eigenvalue weighted by Gasteiger charge is -2.24. The highest BCUT2D eigenvalue weighted by atomic mass is 19.3. The van der Waals surface area contributed by atoms with Crippen molar-refractivity contribution in [2.24, 2.45) is 5.41 Å². The lowest BCUT2D eigenvalue weighted by Crippen LogP contribution is -2.35. The molecule has 0 aromatic heterocycles. The van der Waals surface area contributed by atoms with E-state index in [-0.39, 0.29) is 13.0 Å². The van der Waals surface area contributed by atoms with Crippen LogP contribution < -0.4 is 0 Å². The molecule has 2 fully saturated rings. The van der Waals surface area contributed by atoms with Crippen molar-refractivity contribution in [3.8, 4) is 0 Å². The Morgan fingerprint density at radius 2 is 1.94 bits per heavy atom. The summed E-state index contributed by atoms with van der Waals surface area (Å²) in [5.41, 5.74) is -1.51. The van der Waals surface area contributed by atoms with Crippen molar-refractivity contribution in [2.75, 3.05) is 13.1 Å². The van der Waals surface area contributed by atoms with Crippen molar-refractivity contribution in [1.82, 2.24) is 4.90 Å². The number of hydrogen-bond acceptors (Lipinski definition) is 2. The molecule has 2 aliphatic rings. The highest BCUT2D eigenvalue weighted by molar-refractivity contribution is 5.68. The molecular formula is C11H17F2NO2. The van der Waals surface area contributed by atoms with Gasteiger partial charge in [-0.05, 0) is 27.2 Å². The molecule has 0 bridgehead atoms. The molecule has 1 aliphatic carbocycles. The summed E-state index contributed by atoms with van der Waals surface area (Å²) in [5, 5.41) is 0. The fourth-order valence-electron chi connectivity index (χ4n) is 2.18. The summed E-state index contributed by atoms with van der Waals surface area (Å²) in [7, 11) is 0. The van der Waals surface area contributed by atoms with E-state index >= 15 is 0 Å². The van der Waals surface area contributed by atoms with Gasteiger partial charge in [-0.1, -0.05) is 0 Å². The van der Waals surface area contributed by atoms with Crippen LogP contribution in [0.15, 0.2) is 0 Å². The molecule has 1 heterocycles. The predicted octanol–water partition coefficient (Wildman–Crippen LogP) is 2.65. The van der Waals surface area contributed by atoms with E-state index < -0.39 is 23.0 Å². The van der Waals surface area contributed by atoms with Crippen LogP contribution in [0.2, 0.25) is 0 Å². The Morgan fingerprint density at radius 1 is 1.38 bits per heavy atom. The predicted molar refractivity (Wildman–Crippen MR) is 54.4 cm³/mol. The van der Waals surface area contributed by atoms with E-state index in [2.05, 4.69) is 0 Å². The minimum Gasteiger partial charge on any atom is -0.444 e. The first-order valence-electron chi connectivity index (χ1n) is 5.51. The summed E-state index contributed by atoms with van der Waals surface area (Å²) in [5.74, 6) is -2.58. The summed E-state index contributed by atoms with van der Waals surface area (Å²) in [6, 6.07) is 0. The largest absolute Gasteiger partial charge is 0.444 e. The Balaban J connectivity index is 1.93. The van der Waals surface area contributed by atoms with Gasteiger partial charge in [-0.25, -0.2) is 13.6 Å². The lowest BCUT2D eigenvalue weighted by molar-refractivity contribution is 0.0252. The van der Waals surface area contributed by atoms with Gasteiger partial charge >= 0.3 is 6.09 Å². The van der Waals surface area contributed by atoms with Crippen LogP contribution in [-0.4, -0.2) is 35.6 Å². The number of rotatable bonds is 0. The average Bonchev–Trinajstić information content (AvgIpc) is 2.46. The van der Waals surface area contributed by atoms with Crippen molar-refractivity contribution < 1.29 is 18.3 Å². The number of halogens is 2. The van der Waals surface area contributed by atoms with E-state index in [9.17, 15) is 13.6 Å². The third-order valence-electron chi connectivity index (χ3n) is 3.22. The molecule has 1 saturated heterocycles. The standard InChI is InChI=1S/C11H17F2NO2/c1-9(2,3)16-8(15)14-5-4-10(7-14)6-11(10,12)13/h4-7H2,1-3H3/t10-/m0/s1. The maximum absolute atomic E-state index is 13.1. The van der Waals surface area contributed by atoms with E-state index in [0.29, 0.717) is 13.0 Å². The first-order valence-corrected chi connectivity index (χ1v) is 5.51. The summed E-state index contributed by atoms with van der Waals surface area (Å²) in [4.78, 5) is 13.0. The quantitative estimate of drug-likeness (QED) is 0.643. The van der Waals surface area contributed by atoms with Crippen LogP contribution in [0.4, 0.5) is 13.6 Å². The fourth-order valence-corrected chi connectivity index (χ4v) is 2.18. The molecule has 5 heteroatoms. The molecule has 1 aliphatic heterocycles. The Bertz CT molecular complexity index is 324. The smallest absolute Gasteiger partial charge is 0.410 e. The van der Waals surface area contributed by atoms with Gasteiger partial charge in [-0.2, -0.15) is 0 Å². The molecule has 1 atom stereocenters. The molecule has 1 amide bonds. The van der Waals surface area contributed by atoms with Crippen molar-refractivity contribution >= 4 is 6.09 Å². The zero-order chi connectivity index (χ0) is 12.2. The molecule has 2 rings (SSSR count). The number of ether oxygens (including phenoxy) is 1. The van der Waals surface area contributed by atoms with Crippen LogP contribution in [0.25, 0.3) is 0 Å². The molecule has 92 valence electrons. The molecular weight excluding hydrogens is 216 g/mol. The van der Waals surface area contributed by atoms with Crippen molar-refractivity contribution in [3.63, 3.8) is 0 Å². The van der Waals surface area contributed by atoms with E-state index in [1.54, 1.807) is 20.8 Å². The SMILES string of the molecule is CC(C)(C)OC(=O)N1CC[C@@]2(C1)CC2(F)F. The van der Waals surface area contributed by atoms with Gasteiger partial charge in [0.1, 0.15) is 5.60 Å². The van der Waals surface area contributed by atoms with Crippen LogP contribution in [0, 0.1) is 5.41 Å². The topological polar surface area (TPSA) is 29.5 Å². The molecule has 1 spiro atoms. The Kier molecular flexibility index (Phi) is 2.23. The molecule has 0 N–H and O–H groups in total. The third kappa shape index (κ3) is 1.87. The first-order chi connectivity index (χ1) is 7.15. The van der Waals surface area contributed by atoms with E-state index in [4.69, 9.17) is 4.74 Å². The number of hydrogen-bond donors (Lipinski definition) is 0. The second kappa shape index (κ2) is 3.08. The van der Waals surface area contributed by atoms with Gasteiger partial charge in [-0.15, -0.1) is 0 Å². The van der Waals surface area contributed by atoms with Crippen molar-refractivity contribution in [1.29, 1.82) is 0 Å². The number of alkyl halides is 2. The maximum Gasteiger partial charge on any atom is 0.410 e. The summed E-state index contributed by atoms with van der Waals surface area (Å²) in [6.07, 6.45) is -0.175. The first kappa shape index (κ1) is 11.6. The van der Waals surface area contributed by atoms with Crippen LogP contribution >= 0.6 is 0 Å². The fraction of sp³-hybridized carbons (Fsp3) is 0.909. The van der Waals surface area contributed by atoms with Gasteiger partial charge in [0.05, 0.1) is 5.41 Å². The highest BCUT2D eigenvalue weighted by Gasteiger charge is 2.73. The van der Waals surface area contributed by atoms with Crippen LogP contribution in [0.3, 0.4) is 0 Å². The van der Waals surface area contributed by atoms with Gasteiger partial charge in [0.2, 0.25) is 0 Å². The second-order valence-corrected chi connectivity index (χ2v) is 5.81. The number of likely N-dealkylation sites (tertiary alicyclic amines) is 1. The zero-order valence-corrected chi connectivity index (χ0v) is 9.85. The zero-order valence-electron chi connectivity index (χ0n) is 9.85. The van der Waals surface area contributed by atoms with Crippen LogP contribution in [0.5, 0.6) is 0 Å². The molecule has 16 heavy (non-hydrogen) atoms. The molecule has 3 nitrogen and oxygen atoms in total. The minimum absolute atomic E-state index is 0.0840. The number of nitrogens with zero attached hydrogens (tertiary/aromatic N) is 1. The second-order valence-electron chi connectivity index (χ2n) is 5.81. The maximum atomic E-state index is 13.1. The van der Waals surface area contributed by atoms with Gasteiger partial charge in [0.15, 0.2) is 0 Å². The normalized spacial score (nSPS) is 31.9. The van der Waals surface area contributed by atoms with E-state index in [1.807, 2.05) is 0 Å². The van der Waals surface area contributed by atoms with Gasteiger partial charge in [0, 0.05) is 19.5 Å². The van der Waals surface area contributed by atoms with Crippen molar-refractivity contribution in [3.05, 3.63) is 0 Å². The van der Waals surface area contributed by atoms with Crippen LogP contribution in [-0.2, 0) is 4.74 Å². The molecule has 1 saturated carbocycles. The Hall–Kier alpha value is -0.870. The summed E-state index contributed by atoms with van der Waals surface area (Å²) >= 11 is 0. The van der Waals surface area contributed by atoms with E-state index in [0.717, 1.165) is 0 Å². The monoisotopic (exact) mass is 233 g/mol. The lowest BCUT2D eigenvalue weighted by atomic mass is 10.1. The Morgan fingerprint density at radius 3 is 2.31 bits per heavy atom. The number of carbonyl (C=O) groups is 1. The van der Waals surface area contributed by atoms with Crippen LogP contribution in [0.1, 0.15) is 33.6 Å². The average molecular weight is 233 g/mol. The summed E-state index contributed by atoms with van der Waals surface area (Å²) < 4.78 is 31.3. The minimum atomic E-state index is -2.58. The Labute approximate surface area is 93.7 Å². The number of amides is 1. The molecule has 0 unspecified atom stereocenters. The molecule has 0 aromatic carbocycles. The van der Waals surface area contributed by atoms with Gasteiger partial charge in [0.25, 0.3) is 5.92 Å². The number of carbonyl (C=O) groups excluding carboxylic acids is 1. The van der Waals surface area contributed by atoms with E-state index in [1.165, 1.54) is 4.90 Å². The summed E-state index contributed by atoms with van der Waals surface area (Å²) in [6.45, 7) is 5.81. The van der Waals surface area contributed by atoms with Gasteiger partial charge in [-0.3, -0.25) is 0 Å². The molecule has 0 radical (unpaired) electrons. The van der Waals surface area contributed by atoms with Crippen molar-refractivity contribution in [2.45, 2.75) is 45.1 Å².